The zero-order valence-corrected chi connectivity index (χ0v) is 10.2. The number of ether oxygens (including phenoxy) is 4. The van der Waals surface area contributed by atoms with Gasteiger partial charge in [-0.05, 0) is 0 Å². The third kappa shape index (κ3) is 11.1. The molecule has 0 N–H and O–H groups in total. The molecule has 0 aromatic heterocycles. The van der Waals surface area contributed by atoms with E-state index in [1.807, 2.05) is 0 Å². The van der Waals surface area contributed by atoms with Crippen molar-refractivity contribution in [3.05, 3.63) is 25.3 Å². The molecule has 0 amide bonds. The van der Waals surface area contributed by atoms with Gasteiger partial charge in [0, 0.05) is 6.92 Å². The summed E-state index contributed by atoms with van der Waals surface area (Å²) in [7, 11) is 0. The Morgan fingerprint density at radius 2 is 1.71 bits per heavy atom. The summed E-state index contributed by atoms with van der Waals surface area (Å²) in [6.45, 7) is 9.88. The van der Waals surface area contributed by atoms with Gasteiger partial charge < -0.3 is 18.9 Å². The van der Waals surface area contributed by atoms with E-state index in [0.29, 0.717) is 26.4 Å². The van der Waals surface area contributed by atoms with E-state index in [4.69, 9.17) is 14.2 Å². The fourth-order valence-electron chi connectivity index (χ4n) is 0.923. The number of esters is 1. The van der Waals surface area contributed by atoms with Gasteiger partial charge in [0.25, 0.3) is 0 Å². The van der Waals surface area contributed by atoms with Crippen molar-refractivity contribution in [2.24, 2.45) is 0 Å². The zero-order chi connectivity index (χ0) is 12.9. The molecule has 17 heavy (non-hydrogen) atoms. The molecule has 5 nitrogen and oxygen atoms in total. The summed E-state index contributed by atoms with van der Waals surface area (Å²) in [4.78, 5) is 10.6. The predicted molar refractivity (Wildman–Crippen MR) is 63.5 cm³/mol. The molecular formula is C12H20O5. The number of carbonyl (C=O) groups is 1. The maximum atomic E-state index is 10.6. The van der Waals surface area contributed by atoms with Crippen molar-refractivity contribution in [1.82, 2.24) is 0 Å². The molecule has 0 unspecified atom stereocenters. The second-order valence-corrected chi connectivity index (χ2v) is 3.19. The zero-order valence-electron chi connectivity index (χ0n) is 10.2. The van der Waals surface area contributed by atoms with Crippen molar-refractivity contribution >= 4 is 5.97 Å². The molecule has 98 valence electrons. The van der Waals surface area contributed by atoms with Gasteiger partial charge in [-0.25, -0.2) is 0 Å². The highest BCUT2D eigenvalue weighted by Gasteiger charge is 2.10. The van der Waals surface area contributed by atoms with E-state index in [0.717, 1.165) is 0 Å². The van der Waals surface area contributed by atoms with Gasteiger partial charge in [0.05, 0.1) is 26.4 Å². The molecule has 0 aliphatic rings. The predicted octanol–water partition coefficient (Wildman–Crippen LogP) is 1.30. The van der Waals surface area contributed by atoms with Crippen LogP contribution in [0.15, 0.2) is 25.3 Å². The van der Waals surface area contributed by atoms with Gasteiger partial charge >= 0.3 is 5.97 Å². The fraction of sp³-hybridized carbons (Fsp3) is 0.583. The van der Waals surface area contributed by atoms with Crippen molar-refractivity contribution in [1.29, 1.82) is 0 Å². The molecule has 0 radical (unpaired) electrons. The Bertz CT molecular complexity index is 213. The smallest absolute Gasteiger partial charge is 0.304 e. The maximum absolute atomic E-state index is 10.6. The summed E-state index contributed by atoms with van der Waals surface area (Å²) < 4.78 is 20.4. The van der Waals surface area contributed by atoms with E-state index in [9.17, 15) is 4.79 Å². The van der Waals surface area contributed by atoms with Crippen molar-refractivity contribution in [2.45, 2.75) is 13.0 Å². The molecule has 5 heteroatoms. The van der Waals surface area contributed by atoms with Crippen molar-refractivity contribution < 1.29 is 23.7 Å². The van der Waals surface area contributed by atoms with Gasteiger partial charge in [0.1, 0.15) is 6.10 Å². The van der Waals surface area contributed by atoms with Gasteiger partial charge in [-0.15, -0.1) is 13.2 Å². The number of hydrogen-bond acceptors (Lipinski definition) is 5. The summed E-state index contributed by atoms with van der Waals surface area (Å²) in [5.74, 6) is -0.386. The van der Waals surface area contributed by atoms with Crippen molar-refractivity contribution in [2.75, 3.05) is 33.2 Å². The highest BCUT2D eigenvalue weighted by molar-refractivity contribution is 5.65. The van der Waals surface area contributed by atoms with E-state index in [1.54, 1.807) is 12.2 Å². The first-order chi connectivity index (χ1) is 8.20. The van der Waals surface area contributed by atoms with E-state index in [-0.39, 0.29) is 18.9 Å². The number of carbonyl (C=O) groups excluding carboxylic acids is 1. The summed E-state index contributed by atoms with van der Waals surface area (Å²) in [5.41, 5.74) is 0. The lowest BCUT2D eigenvalue weighted by molar-refractivity contribution is -0.164. The summed E-state index contributed by atoms with van der Waals surface area (Å²) in [6.07, 6.45) is 3.01. The molecule has 0 spiro atoms. The van der Waals surface area contributed by atoms with Crippen LogP contribution in [-0.2, 0) is 23.7 Å². The quantitative estimate of drug-likeness (QED) is 0.237. The van der Waals surface area contributed by atoms with Crippen LogP contribution in [-0.4, -0.2) is 45.3 Å². The van der Waals surface area contributed by atoms with Crippen LogP contribution >= 0.6 is 0 Å². The monoisotopic (exact) mass is 244 g/mol. The molecule has 0 bridgehead atoms. The number of rotatable bonds is 11. The lowest BCUT2D eigenvalue weighted by Crippen LogP contribution is -2.27. The third-order valence-electron chi connectivity index (χ3n) is 1.64. The normalized spacial score (nSPS) is 10.2. The van der Waals surface area contributed by atoms with E-state index < -0.39 is 0 Å². The lowest BCUT2D eigenvalue weighted by Gasteiger charge is -2.17. The second kappa shape index (κ2) is 11.3. The van der Waals surface area contributed by atoms with Crippen molar-refractivity contribution in [3.8, 4) is 0 Å². The van der Waals surface area contributed by atoms with Crippen LogP contribution in [0, 0.1) is 0 Å². The summed E-state index contributed by atoms with van der Waals surface area (Å²) in [5, 5.41) is 0. The Kier molecular flexibility index (Phi) is 10.5. The van der Waals surface area contributed by atoms with Gasteiger partial charge in [0.15, 0.2) is 6.79 Å². The van der Waals surface area contributed by atoms with Crippen LogP contribution in [0.25, 0.3) is 0 Å². The molecule has 0 aromatic rings. The summed E-state index contributed by atoms with van der Waals surface area (Å²) in [6, 6.07) is 0. The SMILES string of the molecule is C=CCOCC(COCC=C)OCOC(C)=O. The van der Waals surface area contributed by atoms with E-state index >= 15 is 0 Å². The second-order valence-electron chi connectivity index (χ2n) is 3.19. The third-order valence-corrected chi connectivity index (χ3v) is 1.64. The topological polar surface area (TPSA) is 54.0 Å². The largest absolute Gasteiger partial charge is 0.439 e. The first kappa shape index (κ1) is 15.8. The van der Waals surface area contributed by atoms with Crippen LogP contribution in [0.2, 0.25) is 0 Å². The molecule has 0 rings (SSSR count). The van der Waals surface area contributed by atoms with Gasteiger partial charge in [-0.2, -0.15) is 0 Å². The molecule has 0 saturated heterocycles. The van der Waals surface area contributed by atoms with Crippen LogP contribution in [0.5, 0.6) is 0 Å². The molecule has 0 aliphatic carbocycles. The van der Waals surface area contributed by atoms with Crippen LogP contribution in [0.4, 0.5) is 0 Å². The van der Waals surface area contributed by atoms with Gasteiger partial charge in [-0.3, -0.25) is 4.79 Å². The standard InChI is InChI=1S/C12H20O5/c1-4-6-14-8-12(9-15-7-5-2)17-10-16-11(3)13/h4-5,12H,1-2,6-10H2,3H3. The number of hydrogen-bond donors (Lipinski definition) is 0. The Balaban J connectivity index is 3.78. The Morgan fingerprint density at radius 1 is 1.18 bits per heavy atom. The van der Waals surface area contributed by atoms with Gasteiger partial charge in [0.2, 0.25) is 0 Å². The Hall–Kier alpha value is -1.17. The minimum absolute atomic E-state index is 0.102. The Labute approximate surface area is 102 Å². The Morgan fingerprint density at radius 3 is 2.12 bits per heavy atom. The first-order valence-corrected chi connectivity index (χ1v) is 5.33. The molecular weight excluding hydrogens is 224 g/mol. The highest BCUT2D eigenvalue weighted by atomic mass is 16.7. The molecule has 0 saturated carbocycles. The molecule has 0 aromatic carbocycles. The summed E-state index contributed by atoms with van der Waals surface area (Å²) >= 11 is 0. The molecule has 0 heterocycles. The highest BCUT2D eigenvalue weighted by Crippen LogP contribution is 1.97. The van der Waals surface area contributed by atoms with E-state index in [1.165, 1.54) is 6.92 Å². The van der Waals surface area contributed by atoms with Crippen molar-refractivity contribution in [3.63, 3.8) is 0 Å². The van der Waals surface area contributed by atoms with Crippen LogP contribution < -0.4 is 0 Å². The molecule has 0 atom stereocenters. The van der Waals surface area contributed by atoms with Gasteiger partial charge in [-0.1, -0.05) is 12.2 Å². The fourth-order valence-corrected chi connectivity index (χ4v) is 0.923. The average Bonchev–Trinajstić information content (AvgIpc) is 2.28. The van der Waals surface area contributed by atoms with Crippen LogP contribution in [0.3, 0.4) is 0 Å². The minimum Gasteiger partial charge on any atom is -0.439 e. The molecule has 0 aliphatic heterocycles. The lowest BCUT2D eigenvalue weighted by atomic mass is 10.4. The minimum atomic E-state index is -0.386. The average molecular weight is 244 g/mol. The van der Waals surface area contributed by atoms with E-state index in [2.05, 4.69) is 17.9 Å². The first-order valence-electron chi connectivity index (χ1n) is 5.33. The van der Waals surface area contributed by atoms with Crippen LogP contribution in [0.1, 0.15) is 6.92 Å². The molecule has 0 fully saturated rings. The maximum Gasteiger partial charge on any atom is 0.304 e.